The van der Waals surface area contributed by atoms with Crippen LogP contribution in [0.25, 0.3) is 6.08 Å². The summed E-state index contributed by atoms with van der Waals surface area (Å²) in [5.41, 5.74) is -0.423. The van der Waals surface area contributed by atoms with E-state index in [0.29, 0.717) is 12.0 Å². The maximum atomic E-state index is 13.1. The molecule has 0 aromatic heterocycles. The first-order valence-corrected chi connectivity index (χ1v) is 8.28. The lowest BCUT2D eigenvalue weighted by Crippen LogP contribution is -2.62. The largest absolute Gasteiger partial charge is 0.334 e. The van der Waals surface area contributed by atoms with Crippen molar-refractivity contribution in [3.8, 4) is 0 Å². The molecule has 0 N–H and O–H groups in total. The predicted octanol–water partition coefficient (Wildman–Crippen LogP) is 2.91. The molecule has 2 bridgehead atoms. The van der Waals surface area contributed by atoms with Crippen molar-refractivity contribution < 1.29 is 19.1 Å². The van der Waals surface area contributed by atoms with Crippen molar-refractivity contribution in [3.05, 3.63) is 41.5 Å². The summed E-state index contributed by atoms with van der Waals surface area (Å²) in [5, 5.41) is 0. The number of carbonyl (C=O) groups is 2. The van der Waals surface area contributed by atoms with E-state index in [2.05, 4.69) is 0 Å². The maximum absolute atomic E-state index is 13.1. The van der Waals surface area contributed by atoms with Gasteiger partial charge in [0, 0.05) is 12.0 Å². The number of fused-ring (bicyclic) bond motifs is 3. The molecule has 0 radical (unpaired) electrons. The first-order valence-electron chi connectivity index (χ1n) is 8.28. The second kappa shape index (κ2) is 4.00. The molecule has 0 unspecified atom stereocenters. The first-order chi connectivity index (χ1) is 11.0. The Bertz CT molecular complexity index is 781. The van der Waals surface area contributed by atoms with Crippen LogP contribution >= 0.6 is 0 Å². The van der Waals surface area contributed by atoms with E-state index in [1.807, 2.05) is 31.2 Å². The molecule has 1 aromatic carbocycles. The van der Waals surface area contributed by atoms with Gasteiger partial charge < -0.3 is 9.47 Å². The SMILES string of the molecule is C[C@@]12CCCC[C@@]13O[C@@H](C2=O)[C@]1(C=Cc2ccccc2C1=O)O3. The molecule has 2 heterocycles. The van der Waals surface area contributed by atoms with Crippen molar-refractivity contribution in [3.63, 3.8) is 0 Å². The number of benzene rings is 1. The molecule has 2 saturated heterocycles. The fraction of sp³-hybridized carbons (Fsp3) is 0.474. The molecule has 118 valence electrons. The van der Waals surface area contributed by atoms with Gasteiger partial charge in [0.25, 0.3) is 0 Å². The fourth-order valence-corrected chi connectivity index (χ4v) is 4.77. The Kier molecular flexibility index (Phi) is 2.37. The van der Waals surface area contributed by atoms with Crippen LogP contribution in [0.4, 0.5) is 0 Å². The molecule has 4 nitrogen and oxygen atoms in total. The van der Waals surface area contributed by atoms with Crippen molar-refractivity contribution in [2.24, 2.45) is 5.41 Å². The Balaban J connectivity index is 1.66. The number of rotatable bonds is 0. The summed E-state index contributed by atoms with van der Waals surface area (Å²) in [6.07, 6.45) is 6.21. The molecule has 3 fully saturated rings. The van der Waals surface area contributed by atoms with Crippen molar-refractivity contribution in [2.75, 3.05) is 0 Å². The summed E-state index contributed by atoms with van der Waals surface area (Å²) in [7, 11) is 0. The van der Waals surface area contributed by atoms with Gasteiger partial charge in [-0.25, -0.2) is 0 Å². The van der Waals surface area contributed by atoms with E-state index in [9.17, 15) is 9.59 Å². The topological polar surface area (TPSA) is 52.6 Å². The van der Waals surface area contributed by atoms with Gasteiger partial charge in [-0.15, -0.1) is 0 Å². The van der Waals surface area contributed by atoms with Crippen LogP contribution in [-0.4, -0.2) is 29.1 Å². The third kappa shape index (κ3) is 1.36. The van der Waals surface area contributed by atoms with Gasteiger partial charge in [0.2, 0.25) is 5.78 Å². The van der Waals surface area contributed by atoms with Crippen molar-refractivity contribution in [1.29, 1.82) is 0 Å². The van der Waals surface area contributed by atoms with Crippen molar-refractivity contribution in [2.45, 2.75) is 50.1 Å². The molecule has 4 heteroatoms. The van der Waals surface area contributed by atoms with Gasteiger partial charge in [0.05, 0.1) is 5.41 Å². The molecule has 4 aliphatic rings. The van der Waals surface area contributed by atoms with Crippen LogP contribution in [-0.2, 0) is 14.3 Å². The molecule has 0 amide bonds. The molecular weight excluding hydrogens is 292 g/mol. The smallest absolute Gasteiger partial charge is 0.202 e. The van der Waals surface area contributed by atoms with Gasteiger partial charge in [-0.2, -0.15) is 0 Å². The number of Topliss-reactive ketones (excluding diaryl/α,β-unsaturated/α-hetero) is 2. The third-order valence-electron chi connectivity index (χ3n) is 6.16. The molecule has 4 atom stereocenters. The zero-order chi connectivity index (χ0) is 15.9. The molecular formula is C19H18O4. The molecule has 2 aliphatic heterocycles. The summed E-state index contributed by atoms with van der Waals surface area (Å²) < 4.78 is 12.5. The highest BCUT2D eigenvalue weighted by atomic mass is 16.8. The van der Waals surface area contributed by atoms with Crippen LogP contribution < -0.4 is 0 Å². The van der Waals surface area contributed by atoms with Crippen LogP contribution in [0.5, 0.6) is 0 Å². The van der Waals surface area contributed by atoms with E-state index in [-0.39, 0.29) is 11.6 Å². The van der Waals surface area contributed by atoms with E-state index < -0.39 is 22.9 Å². The van der Waals surface area contributed by atoms with E-state index in [1.54, 1.807) is 12.1 Å². The molecule has 1 aromatic rings. The van der Waals surface area contributed by atoms with E-state index in [1.165, 1.54) is 0 Å². The normalized spacial score (nSPS) is 43.8. The molecule has 5 rings (SSSR count). The standard InChI is InChI=1S/C19H18O4/c1-17-9-4-5-10-19(17)22-16(15(17)21)18(23-19)11-8-12-6-2-3-7-13(12)14(18)20/h2-3,6-8,11,16H,4-5,9-10H2,1H3/t16-,17-,18+,19-/m0/s1. The lowest BCUT2D eigenvalue weighted by atomic mass is 9.64. The average Bonchev–Trinajstić information content (AvgIpc) is 3.01. The Hall–Kier alpha value is -1.78. The van der Waals surface area contributed by atoms with Gasteiger partial charge in [-0.05, 0) is 31.4 Å². The lowest BCUT2D eigenvalue weighted by molar-refractivity contribution is -0.237. The monoisotopic (exact) mass is 310 g/mol. The molecule has 23 heavy (non-hydrogen) atoms. The minimum atomic E-state index is -1.28. The maximum Gasteiger partial charge on any atom is 0.202 e. The zero-order valence-corrected chi connectivity index (χ0v) is 13.0. The summed E-state index contributed by atoms with van der Waals surface area (Å²) in [6.45, 7) is 1.94. The lowest BCUT2D eigenvalue weighted by Gasteiger charge is -2.47. The van der Waals surface area contributed by atoms with Crippen LogP contribution in [0.1, 0.15) is 48.5 Å². The minimum Gasteiger partial charge on any atom is -0.334 e. The third-order valence-corrected chi connectivity index (χ3v) is 6.16. The predicted molar refractivity (Wildman–Crippen MR) is 82.8 cm³/mol. The van der Waals surface area contributed by atoms with Crippen LogP contribution in [0, 0.1) is 5.41 Å². The van der Waals surface area contributed by atoms with Gasteiger partial charge in [-0.3, -0.25) is 9.59 Å². The van der Waals surface area contributed by atoms with Crippen LogP contribution in [0.15, 0.2) is 30.3 Å². The van der Waals surface area contributed by atoms with Gasteiger partial charge in [0.1, 0.15) is 0 Å². The van der Waals surface area contributed by atoms with Crippen LogP contribution in [0.2, 0.25) is 0 Å². The first kappa shape index (κ1) is 13.6. The summed E-state index contributed by atoms with van der Waals surface area (Å²) in [5.74, 6) is -1.06. The summed E-state index contributed by atoms with van der Waals surface area (Å²) in [6, 6.07) is 7.42. The van der Waals surface area contributed by atoms with Gasteiger partial charge in [-0.1, -0.05) is 36.8 Å². The Labute approximate surface area is 134 Å². The number of carbonyl (C=O) groups excluding carboxylic acids is 2. The Morgan fingerprint density at radius 3 is 2.78 bits per heavy atom. The van der Waals surface area contributed by atoms with Crippen molar-refractivity contribution >= 4 is 17.6 Å². The highest BCUT2D eigenvalue weighted by molar-refractivity contribution is 6.14. The van der Waals surface area contributed by atoms with Gasteiger partial charge >= 0.3 is 0 Å². The highest BCUT2D eigenvalue weighted by Gasteiger charge is 2.77. The number of hydrogen-bond acceptors (Lipinski definition) is 4. The zero-order valence-electron chi connectivity index (χ0n) is 13.0. The summed E-state index contributed by atoms with van der Waals surface area (Å²) >= 11 is 0. The minimum absolute atomic E-state index is 0.0285. The summed E-state index contributed by atoms with van der Waals surface area (Å²) in [4.78, 5) is 26.2. The van der Waals surface area contributed by atoms with E-state index >= 15 is 0 Å². The van der Waals surface area contributed by atoms with E-state index in [0.717, 1.165) is 24.8 Å². The second-order valence-electron chi connectivity index (χ2n) is 7.30. The highest BCUT2D eigenvalue weighted by Crippen LogP contribution is 2.63. The molecule has 1 saturated carbocycles. The van der Waals surface area contributed by atoms with Crippen LogP contribution in [0.3, 0.4) is 0 Å². The number of ether oxygens (including phenoxy) is 2. The average molecular weight is 310 g/mol. The number of hydrogen-bond donors (Lipinski definition) is 0. The Morgan fingerprint density at radius 2 is 1.91 bits per heavy atom. The van der Waals surface area contributed by atoms with E-state index in [4.69, 9.17) is 9.47 Å². The Morgan fingerprint density at radius 1 is 1.13 bits per heavy atom. The van der Waals surface area contributed by atoms with Crippen molar-refractivity contribution in [1.82, 2.24) is 0 Å². The number of ketones is 2. The van der Waals surface area contributed by atoms with Gasteiger partial charge in [0.15, 0.2) is 23.3 Å². The fourth-order valence-electron chi connectivity index (χ4n) is 4.77. The quantitative estimate of drug-likeness (QED) is 0.739. The second-order valence-corrected chi connectivity index (χ2v) is 7.30. The molecule has 2 aliphatic carbocycles. The molecule has 2 spiro atoms.